The summed E-state index contributed by atoms with van der Waals surface area (Å²) in [6.45, 7) is -2.15. The van der Waals surface area contributed by atoms with E-state index in [1.165, 1.54) is 12.1 Å². The third-order valence-electron chi connectivity index (χ3n) is 2.59. The molecule has 0 spiro atoms. The average Bonchev–Trinajstić information content (AvgIpc) is 2.28. The zero-order chi connectivity index (χ0) is 14.7. The number of ether oxygens (including phenoxy) is 1. The molecule has 0 saturated carbocycles. The molecule has 0 heterocycles. The van der Waals surface area contributed by atoms with Crippen LogP contribution in [0.3, 0.4) is 0 Å². The Labute approximate surface area is 159 Å². The predicted octanol–water partition coefficient (Wildman–Crippen LogP) is -1.05. The van der Waals surface area contributed by atoms with Gasteiger partial charge in [-0.25, -0.2) is 8.42 Å². The molecule has 9 heteroatoms. The Morgan fingerprint density at radius 1 is 1.25 bits per heavy atom. The summed E-state index contributed by atoms with van der Waals surface area (Å²) in [6.07, 6.45) is 0. The minimum atomic E-state index is -5.08. The van der Waals surface area contributed by atoms with Gasteiger partial charge < -0.3 is 17.7 Å². The topological polar surface area (TPSA) is 43.4 Å². The van der Waals surface area contributed by atoms with Crippen LogP contribution in [-0.2, 0) is 9.84 Å². The second kappa shape index (κ2) is 8.19. The Bertz CT molecular complexity index is 532. The molecule has 1 aromatic carbocycles. The van der Waals surface area contributed by atoms with Crippen molar-refractivity contribution in [3.8, 4) is 5.75 Å². The molecule has 1 aromatic rings. The molecule has 0 unspecified atom stereocenters. The van der Waals surface area contributed by atoms with Crippen molar-refractivity contribution in [1.82, 2.24) is 0 Å². The Hall–Kier alpha value is 0.461. The maximum absolute atomic E-state index is 12.5. The van der Waals surface area contributed by atoms with E-state index in [0.29, 0.717) is 0 Å². The van der Waals surface area contributed by atoms with Crippen LogP contribution in [0, 0.1) is 0 Å². The smallest absolute Gasteiger partial charge is 0.493 e. The molecule has 0 radical (unpaired) electrons. The predicted molar refractivity (Wildman–Crippen MR) is 69.6 cm³/mol. The fraction of sp³-hybridized carbons (Fsp3) is 0.455. The Kier molecular flexibility index (Phi) is 8.38. The zero-order valence-corrected chi connectivity index (χ0v) is 15.6. The van der Waals surface area contributed by atoms with Gasteiger partial charge in [0.05, 0.1) is 11.0 Å². The van der Waals surface area contributed by atoms with Crippen LogP contribution in [0.2, 0.25) is 0 Å². The van der Waals surface area contributed by atoms with E-state index in [1.54, 1.807) is 13.8 Å². The van der Waals surface area contributed by atoms with Crippen molar-refractivity contribution < 1.29 is 77.5 Å². The van der Waals surface area contributed by atoms with Gasteiger partial charge in [-0.15, -0.1) is 5.46 Å². The molecule has 20 heavy (non-hydrogen) atoms. The van der Waals surface area contributed by atoms with Crippen molar-refractivity contribution in [1.29, 1.82) is 0 Å². The van der Waals surface area contributed by atoms with Gasteiger partial charge in [-0.2, -0.15) is 0 Å². The molecule has 0 aliphatic carbocycles. The van der Waals surface area contributed by atoms with Crippen molar-refractivity contribution in [2.75, 3.05) is 12.4 Å². The van der Waals surface area contributed by atoms with Crippen LogP contribution in [-0.4, -0.2) is 33.0 Å². The Balaban J connectivity index is 0.00000361. The summed E-state index contributed by atoms with van der Waals surface area (Å²) < 4.78 is 65.5. The molecule has 0 atom stereocenters. The van der Waals surface area contributed by atoms with E-state index in [0.717, 1.165) is 12.1 Å². The van der Waals surface area contributed by atoms with E-state index in [2.05, 4.69) is 0 Å². The number of hydrogen-bond acceptors (Lipinski definition) is 3. The molecular formula is C11H15BF3KO3S. The number of benzene rings is 1. The van der Waals surface area contributed by atoms with Crippen LogP contribution in [0.4, 0.5) is 12.9 Å². The van der Waals surface area contributed by atoms with E-state index in [9.17, 15) is 21.4 Å². The van der Waals surface area contributed by atoms with Crippen molar-refractivity contribution in [3.05, 3.63) is 24.3 Å². The minimum Gasteiger partial charge on any atom is -0.493 e. The molecule has 0 aromatic heterocycles. The normalized spacial score (nSPS) is 12.1. The van der Waals surface area contributed by atoms with Crippen LogP contribution in [0.1, 0.15) is 13.8 Å². The third kappa shape index (κ3) is 6.49. The van der Waals surface area contributed by atoms with Gasteiger partial charge in [0.2, 0.25) is 0 Å². The largest absolute Gasteiger partial charge is 1.00 e. The maximum Gasteiger partial charge on any atom is 1.00 e. The van der Waals surface area contributed by atoms with E-state index in [-0.39, 0.29) is 69.5 Å². The first-order valence-electron chi connectivity index (χ1n) is 5.77. The van der Waals surface area contributed by atoms with E-state index in [1.807, 2.05) is 0 Å². The average molecular weight is 334 g/mol. The van der Waals surface area contributed by atoms with Gasteiger partial charge in [-0.3, -0.25) is 0 Å². The summed E-state index contributed by atoms with van der Waals surface area (Å²) in [5.74, 6) is -0.192. The summed E-state index contributed by atoms with van der Waals surface area (Å²) in [4.78, 5) is 0. The van der Waals surface area contributed by atoms with Gasteiger partial charge in [0, 0.05) is 0 Å². The SMILES string of the molecule is CC(C)S(=O)(=O)CCOc1cccc([B-](F)(F)F)c1.[K+]. The summed E-state index contributed by atoms with van der Waals surface area (Å²) in [6, 6.07) is 4.43. The summed E-state index contributed by atoms with van der Waals surface area (Å²) in [5.41, 5.74) is -0.760. The number of hydrogen-bond donors (Lipinski definition) is 0. The van der Waals surface area contributed by atoms with E-state index < -0.39 is 27.5 Å². The monoisotopic (exact) mass is 334 g/mol. The third-order valence-corrected chi connectivity index (χ3v) is 4.76. The van der Waals surface area contributed by atoms with Crippen molar-refractivity contribution in [2.24, 2.45) is 0 Å². The molecule has 3 nitrogen and oxygen atoms in total. The van der Waals surface area contributed by atoms with Gasteiger partial charge in [-0.1, -0.05) is 12.1 Å². The van der Waals surface area contributed by atoms with Crippen LogP contribution >= 0.6 is 0 Å². The van der Waals surface area contributed by atoms with Crippen LogP contribution in [0.5, 0.6) is 5.75 Å². The maximum atomic E-state index is 12.5. The molecule has 0 aliphatic heterocycles. The summed E-state index contributed by atoms with van der Waals surface area (Å²) in [7, 11) is -3.25. The standard InChI is InChI=1S/C11H15BF3O3S.K/c1-9(2)19(16,17)7-6-18-11-5-3-4-10(8-11)12(13,14)15;/h3-5,8-9H,6-7H2,1-2H3;/q-1;+1. The first kappa shape index (κ1) is 20.5. The fourth-order valence-corrected chi connectivity index (χ4v) is 2.11. The van der Waals surface area contributed by atoms with E-state index in [4.69, 9.17) is 4.74 Å². The molecule has 0 fully saturated rings. The zero-order valence-electron chi connectivity index (χ0n) is 11.6. The summed E-state index contributed by atoms with van der Waals surface area (Å²) in [5, 5.41) is -0.527. The van der Waals surface area contributed by atoms with Crippen LogP contribution in [0.25, 0.3) is 0 Å². The molecule has 0 N–H and O–H groups in total. The second-order valence-electron chi connectivity index (χ2n) is 4.41. The van der Waals surface area contributed by atoms with Gasteiger partial charge in [0.1, 0.15) is 12.4 Å². The van der Waals surface area contributed by atoms with Gasteiger partial charge >= 0.3 is 58.4 Å². The molecule has 0 saturated heterocycles. The molecule has 0 bridgehead atoms. The van der Waals surface area contributed by atoms with Gasteiger partial charge in [0.15, 0.2) is 9.84 Å². The molecule has 108 valence electrons. The van der Waals surface area contributed by atoms with Gasteiger partial charge in [-0.05, 0) is 26.0 Å². The Morgan fingerprint density at radius 2 is 1.85 bits per heavy atom. The molecule has 0 aliphatic rings. The number of rotatable bonds is 6. The van der Waals surface area contributed by atoms with Crippen molar-refractivity contribution >= 4 is 22.3 Å². The number of sulfone groups is 1. The van der Waals surface area contributed by atoms with Crippen LogP contribution < -0.4 is 61.6 Å². The fourth-order valence-electron chi connectivity index (χ4n) is 1.32. The first-order valence-corrected chi connectivity index (χ1v) is 7.49. The van der Waals surface area contributed by atoms with Crippen LogP contribution in [0.15, 0.2) is 24.3 Å². The van der Waals surface area contributed by atoms with E-state index >= 15 is 0 Å². The molecule has 0 amide bonds. The first-order chi connectivity index (χ1) is 8.63. The molecule has 1 rings (SSSR count). The number of halogens is 3. The summed E-state index contributed by atoms with van der Waals surface area (Å²) >= 11 is 0. The van der Waals surface area contributed by atoms with Crippen molar-refractivity contribution in [2.45, 2.75) is 19.1 Å². The van der Waals surface area contributed by atoms with Crippen molar-refractivity contribution in [3.63, 3.8) is 0 Å². The Morgan fingerprint density at radius 3 is 2.35 bits per heavy atom. The molecular weight excluding hydrogens is 319 g/mol. The quantitative estimate of drug-likeness (QED) is 0.624. The second-order valence-corrected chi connectivity index (χ2v) is 7.09. The van der Waals surface area contributed by atoms with Gasteiger partial charge in [0.25, 0.3) is 0 Å². The minimum absolute atomic E-state index is 0.